The summed E-state index contributed by atoms with van der Waals surface area (Å²) in [6, 6.07) is 6.15. The molecule has 4 nitrogen and oxygen atoms in total. The fourth-order valence-electron chi connectivity index (χ4n) is 1.68. The van der Waals surface area contributed by atoms with Gasteiger partial charge in [0.1, 0.15) is 11.6 Å². The molecule has 0 radical (unpaired) electrons. The van der Waals surface area contributed by atoms with Gasteiger partial charge in [-0.05, 0) is 31.0 Å². The third kappa shape index (κ3) is 3.40. The van der Waals surface area contributed by atoms with Gasteiger partial charge in [-0.1, -0.05) is 13.0 Å². The first kappa shape index (κ1) is 13.3. The van der Waals surface area contributed by atoms with Crippen LogP contribution in [-0.4, -0.2) is 9.97 Å². The maximum atomic E-state index is 13.6. The van der Waals surface area contributed by atoms with Crippen molar-refractivity contribution in [3.8, 4) is 11.6 Å². The van der Waals surface area contributed by atoms with Crippen LogP contribution in [-0.2, 0) is 6.42 Å². The third-order valence-electron chi connectivity index (χ3n) is 2.54. The average molecular weight is 261 g/mol. The maximum absolute atomic E-state index is 13.6. The highest BCUT2D eigenvalue weighted by atomic mass is 19.1. The molecule has 0 unspecified atom stereocenters. The summed E-state index contributed by atoms with van der Waals surface area (Å²) in [5.41, 5.74) is 6.60. The van der Waals surface area contributed by atoms with Crippen molar-refractivity contribution in [2.75, 3.05) is 5.73 Å². The molecule has 0 aliphatic carbocycles. The molecular weight excluding hydrogens is 245 g/mol. The van der Waals surface area contributed by atoms with Gasteiger partial charge in [-0.2, -0.15) is 4.98 Å². The summed E-state index contributed by atoms with van der Waals surface area (Å²) in [5.74, 6) is 0.896. The van der Waals surface area contributed by atoms with E-state index in [0.29, 0.717) is 18.1 Å². The topological polar surface area (TPSA) is 61.0 Å². The van der Waals surface area contributed by atoms with E-state index in [1.807, 2.05) is 13.8 Å². The minimum absolute atomic E-state index is 0.139. The Balaban J connectivity index is 2.29. The Bertz CT molecular complexity index is 587. The molecule has 100 valence electrons. The molecule has 0 aliphatic heterocycles. The largest absolute Gasteiger partial charge is 0.436 e. The van der Waals surface area contributed by atoms with E-state index in [2.05, 4.69) is 9.97 Å². The Kier molecular flexibility index (Phi) is 3.94. The van der Waals surface area contributed by atoms with Crippen LogP contribution in [0.3, 0.4) is 0 Å². The van der Waals surface area contributed by atoms with Gasteiger partial charge in [0.05, 0.1) is 0 Å². The number of benzene rings is 1. The van der Waals surface area contributed by atoms with Gasteiger partial charge in [-0.15, -0.1) is 0 Å². The van der Waals surface area contributed by atoms with Crippen LogP contribution in [0.5, 0.6) is 11.6 Å². The highest BCUT2D eigenvalue weighted by molar-refractivity contribution is 5.37. The number of nitrogens with two attached hydrogens (primary N) is 1. The zero-order chi connectivity index (χ0) is 13.8. The summed E-state index contributed by atoms with van der Waals surface area (Å²) in [5, 5.41) is 0. The van der Waals surface area contributed by atoms with Crippen molar-refractivity contribution in [2.45, 2.75) is 26.7 Å². The number of nitrogen functional groups attached to an aromatic ring is 1. The SMILES string of the molecule is CCCc1nc(N)cc(Oc2cc(C)ccc2F)n1. The van der Waals surface area contributed by atoms with Crippen molar-refractivity contribution >= 4 is 5.82 Å². The van der Waals surface area contributed by atoms with Crippen molar-refractivity contribution in [2.24, 2.45) is 0 Å². The van der Waals surface area contributed by atoms with Gasteiger partial charge in [-0.25, -0.2) is 9.37 Å². The van der Waals surface area contributed by atoms with Gasteiger partial charge in [0.25, 0.3) is 0 Å². The Morgan fingerprint density at radius 2 is 2.05 bits per heavy atom. The molecule has 0 amide bonds. The summed E-state index contributed by atoms with van der Waals surface area (Å²) >= 11 is 0. The fourth-order valence-corrected chi connectivity index (χ4v) is 1.68. The Morgan fingerprint density at radius 1 is 1.26 bits per heavy atom. The molecule has 0 saturated carbocycles. The standard InChI is InChI=1S/C14H16FN3O/c1-3-4-13-17-12(16)8-14(18-13)19-11-7-9(2)5-6-10(11)15/h5-8H,3-4H2,1-2H3,(H2,16,17,18). The number of nitrogens with zero attached hydrogens (tertiary/aromatic N) is 2. The van der Waals surface area contributed by atoms with Crippen LogP contribution in [0.15, 0.2) is 24.3 Å². The van der Waals surface area contributed by atoms with Gasteiger partial charge in [0.2, 0.25) is 5.88 Å². The average Bonchev–Trinajstić information content (AvgIpc) is 2.33. The molecule has 0 saturated heterocycles. The third-order valence-corrected chi connectivity index (χ3v) is 2.54. The normalized spacial score (nSPS) is 10.5. The minimum Gasteiger partial charge on any atom is -0.436 e. The summed E-state index contributed by atoms with van der Waals surface area (Å²) < 4.78 is 19.1. The second-order valence-electron chi connectivity index (χ2n) is 4.33. The first-order valence-corrected chi connectivity index (χ1v) is 6.16. The maximum Gasteiger partial charge on any atom is 0.224 e. The first-order chi connectivity index (χ1) is 9.08. The molecule has 1 aromatic carbocycles. The Labute approximate surface area is 111 Å². The van der Waals surface area contributed by atoms with E-state index in [1.54, 1.807) is 12.1 Å². The molecule has 0 fully saturated rings. The van der Waals surface area contributed by atoms with Crippen molar-refractivity contribution < 1.29 is 9.13 Å². The number of halogens is 1. The van der Waals surface area contributed by atoms with E-state index in [0.717, 1.165) is 12.0 Å². The molecule has 5 heteroatoms. The van der Waals surface area contributed by atoms with Crippen LogP contribution in [0.25, 0.3) is 0 Å². The second kappa shape index (κ2) is 5.65. The van der Waals surface area contributed by atoms with Crippen LogP contribution >= 0.6 is 0 Å². The van der Waals surface area contributed by atoms with Crippen LogP contribution in [0.1, 0.15) is 24.7 Å². The lowest BCUT2D eigenvalue weighted by Gasteiger charge is -2.08. The fraction of sp³-hybridized carbons (Fsp3) is 0.286. The van der Waals surface area contributed by atoms with E-state index in [-0.39, 0.29) is 11.6 Å². The predicted octanol–water partition coefficient (Wildman–Crippen LogP) is 3.25. The molecule has 19 heavy (non-hydrogen) atoms. The number of aryl methyl sites for hydroxylation is 2. The first-order valence-electron chi connectivity index (χ1n) is 6.16. The lowest BCUT2D eigenvalue weighted by molar-refractivity contribution is 0.424. The zero-order valence-electron chi connectivity index (χ0n) is 11.0. The summed E-state index contributed by atoms with van der Waals surface area (Å²) in [7, 11) is 0. The van der Waals surface area contributed by atoms with Crippen LogP contribution in [0.4, 0.5) is 10.2 Å². The summed E-state index contributed by atoms with van der Waals surface area (Å²) in [4.78, 5) is 8.31. The summed E-state index contributed by atoms with van der Waals surface area (Å²) in [6.07, 6.45) is 1.61. The van der Waals surface area contributed by atoms with Crippen LogP contribution in [0, 0.1) is 12.7 Å². The molecular formula is C14H16FN3O. The molecule has 0 atom stereocenters. The van der Waals surface area contributed by atoms with E-state index >= 15 is 0 Å². The highest BCUT2D eigenvalue weighted by Crippen LogP contribution is 2.25. The van der Waals surface area contributed by atoms with E-state index in [1.165, 1.54) is 12.1 Å². The lowest BCUT2D eigenvalue weighted by atomic mass is 10.2. The monoisotopic (exact) mass is 261 g/mol. The number of aromatic nitrogens is 2. The Hall–Kier alpha value is -2.17. The van der Waals surface area contributed by atoms with E-state index in [4.69, 9.17) is 10.5 Å². The second-order valence-corrected chi connectivity index (χ2v) is 4.33. The van der Waals surface area contributed by atoms with Crippen molar-refractivity contribution in [3.63, 3.8) is 0 Å². The number of hydrogen-bond acceptors (Lipinski definition) is 4. The van der Waals surface area contributed by atoms with E-state index in [9.17, 15) is 4.39 Å². The van der Waals surface area contributed by atoms with Gasteiger partial charge in [-0.3, -0.25) is 0 Å². The van der Waals surface area contributed by atoms with Crippen molar-refractivity contribution in [3.05, 3.63) is 41.5 Å². The molecule has 2 N–H and O–H groups in total. The van der Waals surface area contributed by atoms with Crippen molar-refractivity contribution in [1.29, 1.82) is 0 Å². The van der Waals surface area contributed by atoms with Gasteiger partial charge in [0, 0.05) is 12.5 Å². The zero-order valence-corrected chi connectivity index (χ0v) is 11.0. The van der Waals surface area contributed by atoms with Crippen LogP contribution < -0.4 is 10.5 Å². The van der Waals surface area contributed by atoms with Gasteiger partial charge in [0.15, 0.2) is 11.6 Å². The predicted molar refractivity (Wildman–Crippen MR) is 71.7 cm³/mol. The highest BCUT2D eigenvalue weighted by Gasteiger charge is 2.08. The number of ether oxygens (including phenoxy) is 1. The van der Waals surface area contributed by atoms with Crippen molar-refractivity contribution in [1.82, 2.24) is 9.97 Å². The van der Waals surface area contributed by atoms with Crippen LogP contribution in [0.2, 0.25) is 0 Å². The molecule has 1 aromatic heterocycles. The molecule has 2 rings (SSSR count). The smallest absolute Gasteiger partial charge is 0.224 e. The minimum atomic E-state index is -0.431. The van der Waals surface area contributed by atoms with E-state index < -0.39 is 5.82 Å². The molecule has 0 spiro atoms. The molecule has 0 aliphatic rings. The quantitative estimate of drug-likeness (QED) is 0.917. The lowest BCUT2D eigenvalue weighted by Crippen LogP contribution is -2.02. The molecule has 0 bridgehead atoms. The summed E-state index contributed by atoms with van der Waals surface area (Å²) in [6.45, 7) is 3.89. The number of rotatable bonds is 4. The molecule has 2 aromatic rings. The molecule has 1 heterocycles. The van der Waals surface area contributed by atoms with Gasteiger partial charge < -0.3 is 10.5 Å². The number of hydrogen-bond donors (Lipinski definition) is 1. The van der Waals surface area contributed by atoms with Gasteiger partial charge >= 0.3 is 0 Å². The Morgan fingerprint density at radius 3 is 2.79 bits per heavy atom. The number of anilines is 1.